The predicted octanol–water partition coefficient (Wildman–Crippen LogP) is -2.87. The van der Waals surface area contributed by atoms with Crippen molar-refractivity contribution in [2.45, 2.75) is 0 Å². The molecule has 0 amide bonds. The second-order valence-electron chi connectivity index (χ2n) is 2.04. The largest absolute Gasteiger partial charge is 1.00 e. The quantitative estimate of drug-likeness (QED) is 0.153. The molecule has 3 nitrogen and oxygen atoms in total. The van der Waals surface area contributed by atoms with Crippen LogP contribution in [0.15, 0.2) is 0 Å². The second kappa shape index (κ2) is 7.99. The summed E-state index contributed by atoms with van der Waals surface area (Å²) in [5.41, 5.74) is 0. The molecule has 0 spiro atoms. The molecule has 1 rings (SSSR count). The smallest absolute Gasteiger partial charge is 0.402 e. The van der Waals surface area contributed by atoms with Crippen LogP contribution in [-0.4, -0.2) is 22.4 Å². The Morgan fingerprint density at radius 1 is 0.750 bits per heavy atom. The number of hydrogen-bond donors (Lipinski definition) is 3. The first-order valence-electron chi connectivity index (χ1n) is 3.22. The van der Waals surface area contributed by atoms with E-state index in [1.165, 1.54) is 0 Å². The molecule has 0 aliphatic heterocycles. The van der Waals surface area contributed by atoms with E-state index in [4.69, 9.17) is 15.1 Å². The molecule has 0 saturated carbocycles. The first-order valence-corrected chi connectivity index (χ1v) is 3.22. The van der Waals surface area contributed by atoms with Gasteiger partial charge in [0.05, 0.1) is 29.1 Å². The third-order valence-electron chi connectivity index (χ3n) is 0.990. The van der Waals surface area contributed by atoms with Crippen LogP contribution >= 0.6 is 0 Å². The van der Waals surface area contributed by atoms with Crippen LogP contribution in [-0.2, 0) is 0 Å². The Balaban J connectivity index is 0. The molecule has 0 aromatic heterocycles. The zero-order valence-electron chi connectivity index (χ0n) is 7.81. The zero-order valence-corrected chi connectivity index (χ0v) is 9.81. The number of halogens is 5. The van der Waals surface area contributed by atoms with Gasteiger partial charge in [0.15, 0.2) is 0 Å². The van der Waals surface area contributed by atoms with Gasteiger partial charge in [0.1, 0.15) is 0 Å². The van der Waals surface area contributed by atoms with Gasteiger partial charge in [0.2, 0.25) is 0 Å². The summed E-state index contributed by atoms with van der Waals surface area (Å²) >= 11 is 0. The zero-order chi connectivity index (χ0) is 12.2. The van der Waals surface area contributed by atoms with Crippen LogP contribution in [0.3, 0.4) is 0 Å². The van der Waals surface area contributed by atoms with Crippen molar-refractivity contribution in [2.24, 2.45) is 0 Å². The van der Waals surface area contributed by atoms with Gasteiger partial charge in [0, 0.05) is 0 Å². The normalized spacial score (nSPS) is 8.75. The summed E-state index contributed by atoms with van der Waals surface area (Å²) in [6.45, 7) is 0. The summed E-state index contributed by atoms with van der Waals surface area (Å²) in [6.07, 6.45) is 0. The van der Waals surface area contributed by atoms with Crippen LogP contribution in [0.2, 0.25) is 0 Å². The minimum absolute atomic E-state index is 0. The van der Waals surface area contributed by atoms with Gasteiger partial charge in [-0.1, -0.05) is 0 Å². The van der Waals surface area contributed by atoms with E-state index in [0.29, 0.717) is 0 Å². The van der Waals surface area contributed by atoms with Crippen molar-refractivity contribution in [2.75, 3.05) is 0 Å². The Bertz CT molecular complexity index is 322. The third kappa shape index (κ3) is 5.78. The molecule has 0 aliphatic carbocycles. The topological polar surface area (TPSA) is 60.7 Å². The van der Waals surface area contributed by atoms with Crippen molar-refractivity contribution in [1.82, 2.24) is 0 Å². The fraction of sp³-hybridized carbons (Fsp3) is 0. The Morgan fingerprint density at radius 3 is 1.25 bits per heavy atom. The summed E-state index contributed by atoms with van der Waals surface area (Å²) in [5.74, 6) is -10.0. The molecule has 0 saturated heterocycles. The van der Waals surface area contributed by atoms with E-state index in [-0.39, 0.29) is 29.6 Å². The van der Waals surface area contributed by atoms with E-state index in [2.05, 4.69) is 0 Å². The molecule has 0 fully saturated rings. The average Bonchev–Trinajstić information content (AvgIpc) is 2.11. The monoisotopic (exact) mass is 252 g/mol. The Kier molecular flexibility index (Phi) is 9.08. The molecular formula is C6H3BF5NaO3. The first kappa shape index (κ1) is 18.2. The summed E-state index contributed by atoms with van der Waals surface area (Å²) in [5, 5.41) is 21.5. The SMILES string of the molecule is Fc1[c-]c(F)c(F)c(F)c1F.OB(O)O.[Na+]. The molecule has 16 heavy (non-hydrogen) atoms. The Morgan fingerprint density at radius 2 is 1.00 bits per heavy atom. The molecule has 1 aromatic rings. The predicted molar refractivity (Wildman–Crippen MR) is 37.5 cm³/mol. The summed E-state index contributed by atoms with van der Waals surface area (Å²) in [4.78, 5) is 0. The maximum Gasteiger partial charge on any atom is 1.00 e. The molecule has 10 heteroatoms. The van der Waals surface area contributed by atoms with Crippen LogP contribution in [0.4, 0.5) is 22.0 Å². The van der Waals surface area contributed by atoms with Gasteiger partial charge < -0.3 is 15.1 Å². The Hall–Kier alpha value is -0.185. The molecule has 0 aliphatic rings. The summed E-state index contributed by atoms with van der Waals surface area (Å²) in [6, 6.07) is 1.02. The fourth-order valence-electron chi connectivity index (χ4n) is 0.495. The number of hydrogen-bond acceptors (Lipinski definition) is 3. The van der Waals surface area contributed by atoms with Crippen molar-refractivity contribution in [1.29, 1.82) is 0 Å². The average molecular weight is 252 g/mol. The molecule has 84 valence electrons. The number of benzene rings is 1. The third-order valence-corrected chi connectivity index (χ3v) is 0.990. The molecule has 0 unspecified atom stereocenters. The standard InChI is InChI=1S/C6F5.BH3O3.Na/c7-2-1-3(8)5(10)6(11)4(2)9;2-1(3)4;/h;2-4H;/q-1;;+1. The van der Waals surface area contributed by atoms with E-state index >= 15 is 0 Å². The van der Waals surface area contributed by atoms with Crippen molar-refractivity contribution < 1.29 is 66.6 Å². The van der Waals surface area contributed by atoms with Crippen molar-refractivity contribution >= 4 is 7.32 Å². The van der Waals surface area contributed by atoms with E-state index in [1.54, 1.807) is 0 Å². The molecule has 0 bridgehead atoms. The van der Waals surface area contributed by atoms with Gasteiger partial charge in [-0.25, -0.2) is 13.2 Å². The molecule has 0 heterocycles. The van der Waals surface area contributed by atoms with Crippen LogP contribution < -0.4 is 29.6 Å². The minimum atomic E-state index is -2.17. The second-order valence-corrected chi connectivity index (χ2v) is 2.04. The maximum absolute atomic E-state index is 12.0. The van der Waals surface area contributed by atoms with E-state index in [1.807, 2.05) is 0 Å². The fourth-order valence-corrected chi connectivity index (χ4v) is 0.495. The molecular weight excluding hydrogens is 249 g/mol. The van der Waals surface area contributed by atoms with Crippen LogP contribution in [0, 0.1) is 35.2 Å². The summed E-state index contributed by atoms with van der Waals surface area (Å²) in [7, 11) is -2.17. The van der Waals surface area contributed by atoms with Crippen LogP contribution in [0.5, 0.6) is 0 Å². The minimum Gasteiger partial charge on any atom is -0.402 e. The van der Waals surface area contributed by atoms with E-state index in [9.17, 15) is 22.0 Å². The number of rotatable bonds is 0. The van der Waals surface area contributed by atoms with Crippen molar-refractivity contribution in [3.63, 3.8) is 0 Å². The van der Waals surface area contributed by atoms with Gasteiger partial charge >= 0.3 is 36.9 Å². The Labute approximate surface area is 109 Å². The van der Waals surface area contributed by atoms with Crippen molar-refractivity contribution in [3.8, 4) is 0 Å². The maximum atomic E-state index is 12.0. The van der Waals surface area contributed by atoms with Gasteiger partial charge in [-0.05, 0) is 0 Å². The van der Waals surface area contributed by atoms with Gasteiger partial charge in [0.25, 0.3) is 0 Å². The van der Waals surface area contributed by atoms with Crippen molar-refractivity contribution in [3.05, 3.63) is 35.2 Å². The molecule has 1 aromatic carbocycles. The van der Waals surface area contributed by atoms with Crippen LogP contribution in [0.1, 0.15) is 0 Å². The molecule has 3 N–H and O–H groups in total. The van der Waals surface area contributed by atoms with E-state index < -0.39 is 36.4 Å². The van der Waals surface area contributed by atoms with E-state index in [0.717, 1.165) is 6.07 Å². The van der Waals surface area contributed by atoms with Crippen LogP contribution in [0.25, 0.3) is 0 Å². The van der Waals surface area contributed by atoms with Gasteiger partial charge in [-0.3, -0.25) is 8.78 Å². The molecule has 0 radical (unpaired) electrons. The molecule has 0 atom stereocenters. The van der Waals surface area contributed by atoms with Gasteiger partial charge in [-0.15, -0.1) is 6.07 Å². The van der Waals surface area contributed by atoms with Gasteiger partial charge in [-0.2, -0.15) is 0 Å². The first-order chi connectivity index (χ1) is 6.77. The summed E-state index contributed by atoms with van der Waals surface area (Å²) < 4.78 is 59.9.